The molecule has 0 spiro atoms. The molecule has 1 aliphatic rings. The third kappa shape index (κ3) is 4.45. The van der Waals surface area contributed by atoms with Crippen LogP contribution in [0.15, 0.2) is 107 Å². The van der Waals surface area contributed by atoms with Crippen LogP contribution in [0.1, 0.15) is 31.8 Å². The van der Waals surface area contributed by atoms with Gasteiger partial charge in [-0.15, -0.1) is 0 Å². The summed E-state index contributed by atoms with van der Waals surface area (Å²) in [6.45, 7) is 0.341. The van der Waals surface area contributed by atoms with E-state index in [0.29, 0.717) is 33.2 Å². The number of anilines is 1. The van der Waals surface area contributed by atoms with E-state index < -0.39 is 22.5 Å². The molecule has 0 radical (unpaired) electrons. The molecule has 1 heterocycles. The first-order valence-corrected chi connectivity index (χ1v) is 12.6. The van der Waals surface area contributed by atoms with Gasteiger partial charge >= 0.3 is 0 Å². The smallest absolute Gasteiger partial charge is 0.259 e. The fourth-order valence-electron chi connectivity index (χ4n) is 4.30. The van der Waals surface area contributed by atoms with Crippen LogP contribution >= 0.6 is 0 Å². The molecule has 4 aromatic carbocycles. The molecule has 2 amide bonds. The molecule has 0 saturated heterocycles. The van der Waals surface area contributed by atoms with Gasteiger partial charge in [-0.2, -0.15) is 0 Å². The Balaban J connectivity index is 1.58. The number of benzene rings is 4. The Morgan fingerprint density at radius 3 is 2.36 bits per heavy atom. The summed E-state index contributed by atoms with van der Waals surface area (Å²) in [4.78, 5) is 30.8. The van der Waals surface area contributed by atoms with Crippen molar-refractivity contribution in [3.05, 3.63) is 125 Å². The van der Waals surface area contributed by atoms with Gasteiger partial charge in [0.05, 0.1) is 38.4 Å². The minimum atomic E-state index is -1.66. The van der Waals surface area contributed by atoms with E-state index >= 15 is 0 Å². The van der Waals surface area contributed by atoms with E-state index in [-0.39, 0.29) is 18.0 Å². The highest BCUT2D eigenvalue weighted by molar-refractivity contribution is 7.85. The van der Waals surface area contributed by atoms with Gasteiger partial charge in [-0.3, -0.25) is 9.59 Å². The lowest BCUT2D eigenvalue weighted by molar-refractivity contribution is 0.0784. The number of carbonyl (C=O) groups excluding carboxylic acids is 2. The first-order valence-electron chi connectivity index (χ1n) is 11.4. The quantitative estimate of drug-likeness (QED) is 0.369. The van der Waals surface area contributed by atoms with Crippen LogP contribution in [0.3, 0.4) is 0 Å². The molecule has 0 aromatic heterocycles. The van der Waals surface area contributed by atoms with Gasteiger partial charge in [0.1, 0.15) is 5.82 Å². The molecule has 5 nitrogen and oxygen atoms in total. The summed E-state index contributed by atoms with van der Waals surface area (Å²) in [5.74, 6) is -1.09. The number of halogens is 1. The van der Waals surface area contributed by atoms with Crippen molar-refractivity contribution in [2.45, 2.75) is 22.9 Å². The largest absolute Gasteiger partial charge is 0.337 e. The van der Waals surface area contributed by atoms with Gasteiger partial charge in [-0.1, -0.05) is 60.7 Å². The minimum absolute atomic E-state index is 0.0679. The van der Waals surface area contributed by atoms with Gasteiger partial charge < -0.3 is 9.80 Å². The SMILES string of the molecule is CN(Cc1ccccc1)C(=O)c1ccc2c(c1)N(Cc1ccccc1F)C(=O)c1ccccc1[S@@]2=O. The minimum Gasteiger partial charge on any atom is -0.337 e. The van der Waals surface area contributed by atoms with Crippen molar-refractivity contribution in [2.75, 3.05) is 11.9 Å². The van der Waals surface area contributed by atoms with E-state index in [4.69, 9.17) is 0 Å². The Labute approximate surface area is 211 Å². The Morgan fingerprint density at radius 2 is 1.58 bits per heavy atom. The van der Waals surface area contributed by atoms with Crippen molar-refractivity contribution >= 4 is 28.3 Å². The summed E-state index contributed by atoms with van der Waals surface area (Å²) in [5.41, 5.74) is 2.27. The standard InChI is InChI=1S/C29H23FN2O3S/c1-31(18-20-9-3-2-4-10-20)28(33)21-15-16-27-25(17-21)32(19-22-11-5-7-13-24(22)30)29(34)23-12-6-8-14-26(23)36(27)35/h2-17H,18-19H2,1H3/t36-/m0/s1. The van der Waals surface area contributed by atoms with Gasteiger partial charge in [0.15, 0.2) is 0 Å². The number of carbonyl (C=O) groups is 2. The van der Waals surface area contributed by atoms with Crippen LogP contribution in [-0.2, 0) is 23.9 Å². The lowest BCUT2D eigenvalue weighted by Crippen LogP contribution is -2.31. The molecule has 36 heavy (non-hydrogen) atoms. The van der Waals surface area contributed by atoms with Gasteiger partial charge in [0.25, 0.3) is 11.8 Å². The summed E-state index contributed by atoms with van der Waals surface area (Å²) in [7, 11) is 0.0486. The summed E-state index contributed by atoms with van der Waals surface area (Å²) < 4.78 is 28.1. The van der Waals surface area contributed by atoms with Crippen molar-refractivity contribution in [1.29, 1.82) is 0 Å². The number of hydrogen-bond acceptors (Lipinski definition) is 3. The van der Waals surface area contributed by atoms with E-state index in [0.717, 1.165) is 5.56 Å². The Hall–Kier alpha value is -4.10. The normalized spacial score (nSPS) is 14.6. The maximum Gasteiger partial charge on any atom is 0.259 e. The van der Waals surface area contributed by atoms with E-state index in [9.17, 15) is 18.2 Å². The Morgan fingerprint density at radius 1 is 0.889 bits per heavy atom. The fourth-order valence-corrected chi connectivity index (χ4v) is 5.64. The summed E-state index contributed by atoms with van der Waals surface area (Å²) in [5, 5.41) is 0. The van der Waals surface area contributed by atoms with Crippen LogP contribution in [0.4, 0.5) is 10.1 Å². The zero-order chi connectivity index (χ0) is 25.2. The third-order valence-corrected chi connectivity index (χ3v) is 7.65. The number of amides is 2. The zero-order valence-corrected chi connectivity index (χ0v) is 20.4. The van der Waals surface area contributed by atoms with Gasteiger partial charge in [-0.25, -0.2) is 8.60 Å². The number of rotatable bonds is 5. The molecular formula is C29H23FN2O3S. The molecule has 4 aromatic rings. The second-order valence-corrected chi connectivity index (χ2v) is 9.99. The van der Waals surface area contributed by atoms with Crippen LogP contribution in [0.5, 0.6) is 0 Å². The second-order valence-electron chi connectivity index (χ2n) is 8.58. The summed E-state index contributed by atoms with van der Waals surface area (Å²) in [6.07, 6.45) is 0. The van der Waals surface area contributed by atoms with Crippen LogP contribution < -0.4 is 4.90 Å². The molecule has 0 unspecified atom stereocenters. The Bertz CT molecular complexity index is 1490. The molecule has 180 valence electrons. The van der Waals surface area contributed by atoms with Gasteiger partial charge in [0.2, 0.25) is 0 Å². The van der Waals surface area contributed by atoms with E-state index in [1.807, 2.05) is 30.3 Å². The third-order valence-electron chi connectivity index (χ3n) is 6.15. The second kappa shape index (κ2) is 9.87. The lowest BCUT2D eigenvalue weighted by Gasteiger charge is -2.24. The van der Waals surface area contributed by atoms with E-state index in [1.165, 1.54) is 11.0 Å². The predicted octanol–water partition coefficient (Wildman–Crippen LogP) is 5.43. The number of hydrogen-bond donors (Lipinski definition) is 0. The van der Waals surface area contributed by atoms with E-state index in [2.05, 4.69) is 0 Å². The molecular weight excluding hydrogens is 475 g/mol. The summed E-state index contributed by atoms with van der Waals surface area (Å²) >= 11 is 0. The Kier molecular flexibility index (Phi) is 6.48. The monoisotopic (exact) mass is 498 g/mol. The molecule has 0 N–H and O–H groups in total. The first-order chi connectivity index (χ1) is 17.4. The fraction of sp³-hybridized carbons (Fsp3) is 0.103. The van der Waals surface area contributed by atoms with Gasteiger partial charge in [-0.05, 0) is 42.0 Å². The topological polar surface area (TPSA) is 57.7 Å². The molecule has 0 aliphatic carbocycles. The highest BCUT2D eigenvalue weighted by Crippen LogP contribution is 2.36. The first kappa shape index (κ1) is 23.6. The maximum absolute atomic E-state index is 14.6. The highest BCUT2D eigenvalue weighted by atomic mass is 32.2. The predicted molar refractivity (Wildman–Crippen MR) is 137 cm³/mol. The van der Waals surface area contributed by atoms with Crippen molar-refractivity contribution < 1.29 is 18.2 Å². The average Bonchev–Trinajstić information content (AvgIpc) is 2.99. The van der Waals surface area contributed by atoms with Crippen molar-refractivity contribution in [2.24, 2.45) is 0 Å². The van der Waals surface area contributed by atoms with Crippen LogP contribution in [-0.4, -0.2) is 28.0 Å². The summed E-state index contributed by atoms with van der Waals surface area (Å²) in [6, 6.07) is 27.4. The maximum atomic E-state index is 14.6. The molecule has 0 saturated carbocycles. The van der Waals surface area contributed by atoms with Crippen molar-refractivity contribution in [3.63, 3.8) is 0 Å². The molecule has 1 aliphatic heterocycles. The number of fused-ring (bicyclic) bond motifs is 2. The zero-order valence-electron chi connectivity index (χ0n) is 19.6. The van der Waals surface area contributed by atoms with Gasteiger partial charge in [0, 0.05) is 24.7 Å². The molecule has 0 fully saturated rings. The van der Waals surface area contributed by atoms with Crippen molar-refractivity contribution in [3.8, 4) is 0 Å². The van der Waals surface area contributed by atoms with Crippen molar-refractivity contribution in [1.82, 2.24) is 4.90 Å². The highest BCUT2D eigenvalue weighted by Gasteiger charge is 2.32. The lowest BCUT2D eigenvalue weighted by atomic mass is 10.1. The number of nitrogens with zero attached hydrogens (tertiary/aromatic N) is 2. The van der Waals surface area contributed by atoms with Crippen LogP contribution in [0.25, 0.3) is 0 Å². The molecule has 7 heteroatoms. The van der Waals surface area contributed by atoms with E-state index in [1.54, 1.807) is 72.6 Å². The molecule has 0 bridgehead atoms. The molecule has 5 rings (SSSR count). The van der Waals surface area contributed by atoms with Crippen LogP contribution in [0.2, 0.25) is 0 Å². The van der Waals surface area contributed by atoms with Crippen LogP contribution in [0, 0.1) is 5.82 Å². The molecule has 1 atom stereocenters. The average molecular weight is 499 g/mol.